The minimum atomic E-state index is -0.393. The van der Waals surface area contributed by atoms with Crippen LogP contribution in [0.15, 0.2) is 12.1 Å². The van der Waals surface area contributed by atoms with Gasteiger partial charge in [0.05, 0.1) is 5.02 Å². The Morgan fingerprint density at radius 3 is 2.90 bits per heavy atom. The number of piperidine rings is 1. The van der Waals surface area contributed by atoms with E-state index in [1.807, 2.05) is 0 Å². The highest BCUT2D eigenvalue weighted by atomic mass is 35.5. The van der Waals surface area contributed by atoms with Crippen LogP contribution in [0.25, 0.3) is 0 Å². The van der Waals surface area contributed by atoms with Crippen molar-refractivity contribution in [3.8, 4) is 0 Å². The Kier molecular flexibility index (Phi) is 4.23. The molecule has 2 aliphatic rings. The summed E-state index contributed by atoms with van der Waals surface area (Å²) in [6.07, 6.45) is 2.48. The molecule has 2 aliphatic heterocycles. The van der Waals surface area contributed by atoms with E-state index in [-0.39, 0.29) is 11.1 Å². The van der Waals surface area contributed by atoms with Crippen LogP contribution in [0.2, 0.25) is 10.0 Å². The Morgan fingerprint density at radius 2 is 2.10 bits per heavy atom. The molecule has 1 N–H and O–H groups in total. The predicted molar refractivity (Wildman–Crippen MR) is 80.9 cm³/mol. The molecule has 1 aromatic rings. The summed E-state index contributed by atoms with van der Waals surface area (Å²) in [6.45, 7) is 5.26. The average molecular weight is 317 g/mol. The molecule has 2 nitrogen and oxygen atoms in total. The van der Waals surface area contributed by atoms with E-state index in [1.54, 1.807) is 0 Å². The number of nitrogens with zero attached hydrogens (tertiary/aromatic N) is 1. The normalized spacial score (nSPS) is 28.4. The molecule has 0 aliphatic carbocycles. The first kappa shape index (κ1) is 14.6. The monoisotopic (exact) mass is 316 g/mol. The Balaban J connectivity index is 1.88. The third kappa shape index (κ3) is 2.57. The van der Waals surface area contributed by atoms with Crippen LogP contribution < -0.4 is 5.32 Å². The summed E-state index contributed by atoms with van der Waals surface area (Å²) in [5, 5.41) is 4.11. The van der Waals surface area contributed by atoms with E-state index in [2.05, 4.69) is 17.1 Å². The van der Waals surface area contributed by atoms with Crippen LogP contribution in [0, 0.1) is 11.7 Å². The van der Waals surface area contributed by atoms with Crippen molar-refractivity contribution in [3.05, 3.63) is 33.6 Å². The van der Waals surface area contributed by atoms with Crippen LogP contribution in [0.1, 0.15) is 31.4 Å². The highest BCUT2D eigenvalue weighted by Gasteiger charge is 2.37. The smallest absolute Gasteiger partial charge is 0.142 e. The first-order valence-corrected chi connectivity index (χ1v) is 7.94. The number of hydrogen-bond acceptors (Lipinski definition) is 2. The third-order valence-electron chi connectivity index (χ3n) is 4.71. The van der Waals surface area contributed by atoms with Crippen molar-refractivity contribution in [3.63, 3.8) is 0 Å². The van der Waals surface area contributed by atoms with Crippen LogP contribution in [0.4, 0.5) is 4.39 Å². The third-order valence-corrected chi connectivity index (χ3v) is 5.33. The van der Waals surface area contributed by atoms with E-state index in [0.29, 0.717) is 17.0 Å². The van der Waals surface area contributed by atoms with Gasteiger partial charge in [0.25, 0.3) is 0 Å². The van der Waals surface area contributed by atoms with Crippen molar-refractivity contribution in [2.24, 2.45) is 5.92 Å². The van der Waals surface area contributed by atoms with Gasteiger partial charge in [-0.1, -0.05) is 23.2 Å². The number of rotatable bonds is 2. The molecule has 0 bridgehead atoms. The molecule has 0 spiro atoms. The molecule has 2 saturated heterocycles. The summed E-state index contributed by atoms with van der Waals surface area (Å²) in [5.74, 6) is 0.318. The Bertz CT molecular complexity index is 509. The van der Waals surface area contributed by atoms with Gasteiger partial charge in [-0.05, 0) is 56.5 Å². The van der Waals surface area contributed by atoms with E-state index in [4.69, 9.17) is 23.2 Å². The summed E-state index contributed by atoms with van der Waals surface area (Å²) >= 11 is 12.0. The summed E-state index contributed by atoms with van der Waals surface area (Å²) in [4.78, 5) is 2.46. The van der Waals surface area contributed by atoms with Gasteiger partial charge >= 0.3 is 0 Å². The average Bonchev–Trinajstić information content (AvgIpc) is 2.90. The quantitative estimate of drug-likeness (QED) is 0.833. The van der Waals surface area contributed by atoms with Crippen molar-refractivity contribution in [1.82, 2.24) is 10.2 Å². The zero-order valence-electron chi connectivity index (χ0n) is 11.5. The second-order valence-electron chi connectivity index (χ2n) is 5.83. The lowest BCUT2D eigenvalue weighted by atomic mass is 9.89. The van der Waals surface area contributed by atoms with Crippen LogP contribution in [-0.4, -0.2) is 30.6 Å². The molecule has 2 fully saturated rings. The number of benzene rings is 1. The lowest BCUT2D eigenvalue weighted by Crippen LogP contribution is -2.46. The first-order valence-electron chi connectivity index (χ1n) is 7.19. The molecule has 0 aromatic heterocycles. The minimum Gasteiger partial charge on any atom is -0.315 e. The summed E-state index contributed by atoms with van der Waals surface area (Å²) in [7, 11) is 0. The topological polar surface area (TPSA) is 15.3 Å². The zero-order chi connectivity index (χ0) is 14.3. The number of likely N-dealkylation sites (tertiary alicyclic amines) is 1. The van der Waals surface area contributed by atoms with Gasteiger partial charge in [0.1, 0.15) is 5.82 Å². The molecule has 5 heteroatoms. The number of hydrogen-bond donors (Lipinski definition) is 1. The fraction of sp³-hybridized carbons (Fsp3) is 0.600. The molecule has 3 unspecified atom stereocenters. The largest absolute Gasteiger partial charge is 0.315 e. The molecule has 0 amide bonds. The molecule has 1 aromatic carbocycles. The van der Waals surface area contributed by atoms with E-state index in [0.717, 1.165) is 25.2 Å². The molecule has 20 heavy (non-hydrogen) atoms. The Labute approximate surface area is 129 Å². The standard InChI is InChI=1S/C15H19Cl2FN2/c1-9(11-5-14(18)13(17)6-12(11)16)20-4-2-3-10-7-19-8-15(10)20/h5-6,9-10,15,19H,2-4,7-8H2,1H3. The Morgan fingerprint density at radius 1 is 1.30 bits per heavy atom. The van der Waals surface area contributed by atoms with E-state index < -0.39 is 5.82 Å². The van der Waals surface area contributed by atoms with Gasteiger partial charge in [0, 0.05) is 23.7 Å². The molecule has 2 heterocycles. The van der Waals surface area contributed by atoms with Crippen LogP contribution in [0.5, 0.6) is 0 Å². The van der Waals surface area contributed by atoms with Crippen molar-refractivity contribution in [2.75, 3.05) is 19.6 Å². The molecule has 0 radical (unpaired) electrons. The number of halogens is 3. The summed E-state index contributed by atoms with van der Waals surface area (Å²) in [6, 6.07) is 3.65. The SMILES string of the molecule is CC(c1cc(F)c(Cl)cc1Cl)N1CCCC2CNCC21. The van der Waals surface area contributed by atoms with Gasteiger partial charge in [-0.25, -0.2) is 4.39 Å². The maximum absolute atomic E-state index is 13.7. The van der Waals surface area contributed by atoms with Crippen molar-refractivity contribution < 1.29 is 4.39 Å². The van der Waals surface area contributed by atoms with Crippen LogP contribution in [0.3, 0.4) is 0 Å². The van der Waals surface area contributed by atoms with Gasteiger partial charge < -0.3 is 5.32 Å². The fourth-order valence-electron chi connectivity index (χ4n) is 3.62. The lowest BCUT2D eigenvalue weighted by Gasteiger charge is -2.41. The lowest BCUT2D eigenvalue weighted by molar-refractivity contribution is 0.0846. The molecule has 3 rings (SSSR count). The minimum absolute atomic E-state index is 0.0880. The van der Waals surface area contributed by atoms with Crippen LogP contribution in [-0.2, 0) is 0 Å². The van der Waals surface area contributed by atoms with E-state index in [1.165, 1.54) is 25.0 Å². The van der Waals surface area contributed by atoms with Crippen LogP contribution >= 0.6 is 23.2 Å². The van der Waals surface area contributed by atoms with E-state index >= 15 is 0 Å². The van der Waals surface area contributed by atoms with Crippen molar-refractivity contribution in [2.45, 2.75) is 31.8 Å². The zero-order valence-corrected chi connectivity index (χ0v) is 13.0. The summed E-state index contributed by atoms with van der Waals surface area (Å²) < 4.78 is 13.7. The number of fused-ring (bicyclic) bond motifs is 1. The second-order valence-corrected chi connectivity index (χ2v) is 6.64. The van der Waals surface area contributed by atoms with Gasteiger partial charge in [-0.3, -0.25) is 4.90 Å². The highest BCUT2D eigenvalue weighted by molar-refractivity contribution is 6.35. The second kappa shape index (κ2) is 5.80. The maximum atomic E-state index is 13.7. The maximum Gasteiger partial charge on any atom is 0.142 e. The van der Waals surface area contributed by atoms with Crippen molar-refractivity contribution in [1.29, 1.82) is 0 Å². The first-order chi connectivity index (χ1) is 9.58. The van der Waals surface area contributed by atoms with Gasteiger partial charge in [-0.15, -0.1) is 0 Å². The predicted octanol–water partition coefficient (Wildman–Crippen LogP) is 3.88. The molecular weight excluding hydrogens is 298 g/mol. The molecule has 110 valence electrons. The van der Waals surface area contributed by atoms with Crippen molar-refractivity contribution >= 4 is 23.2 Å². The molecule has 0 saturated carbocycles. The number of nitrogens with one attached hydrogen (secondary N) is 1. The van der Waals surface area contributed by atoms with Gasteiger partial charge in [0.15, 0.2) is 0 Å². The Hall–Kier alpha value is -0.350. The van der Waals surface area contributed by atoms with Gasteiger partial charge in [-0.2, -0.15) is 0 Å². The highest BCUT2D eigenvalue weighted by Crippen LogP contribution is 2.37. The van der Waals surface area contributed by atoms with Gasteiger partial charge in [0.2, 0.25) is 0 Å². The van der Waals surface area contributed by atoms with E-state index in [9.17, 15) is 4.39 Å². The fourth-order valence-corrected chi connectivity index (χ4v) is 4.16. The molecule has 3 atom stereocenters. The molecular formula is C15H19Cl2FN2. The summed E-state index contributed by atoms with van der Waals surface area (Å²) in [5.41, 5.74) is 0.834.